The number of carbonyl (C=O) groups excluding carboxylic acids is 1. The van der Waals surface area contributed by atoms with E-state index in [1.807, 2.05) is 36.2 Å². The van der Waals surface area contributed by atoms with Crippen LogP contribution < -0.4 is 20.0 Å². The number of hydrogen-bond acceptors (Lipinski definition) is 7. The molecule has 1 saturated heterocycles. The number of nitrogens with one attached hydrogen (secondary N) is 1. The van der Waals surface area contributed by atoms with E-state index in [1.54, 1.807) is 18.1 Å². The molecule has 0 radical (unpaired) electrons. The summed E-state index contributed by atoms with van der Waals surface area (Å²) >= 11 is 0. The first kappa shape index (κ1) is 23.7. The Morgan fingerprint density at radius 1 is 1.06 bits per heavy atom. The number of benzene rings is 1. The summed E-state index contributed by atoms with van der Waals surface area (Å²) in [7, 11) is 3.97. The Morgan fingerprint density at radius 2 is 1.77 bits per heavy atom. The lowest BCUT2D eigenvalue weighted by molar-refractivity contribution is 0.160. The molecule has 2 amide bonds. The SMILES string of the molecule is CCN1C(=O)N(C)c2cnc(Nc3ccc(OCC4CCN(C)CC4)cc3)nc2N1C1CCCC1. The molecule has 0 bridgehead atoms. The van der Waals surface area contributed by atoms with Gasteiger partial charge in [0.15, 0.2) is 5.82 Å². The summed E-state index contributed by atoms with van der Waals surface area (Å²) in [5.41, 5.74) is 1.64. The summed E-state index contributed by atoms with van der Waals surface area (Å²) in [5.74, 6) is 2.82. The normalized spacial score (nSPS) is 19.9. The lowest BCUT2D eigenvalue weighted by Gasteiger charge is -2.45. The minimum atomic E-state index is -0.0351. The van der Waals surface area contributed by atoms with Gasteiger partial charge in [0, 0.05) is 19.3 Å². The van der Waals surface area contributed by atoms with Crippen molar-refractivity contribution in [2.24, 2.45) is 5.92 Å². The summed E-state index contributed by atoms with van der Waals surface area (Å²) in [6, 6.07) is 8.23. The third-order valence-corrected chi connectivity index (χ3v) is 7.50. The van der Waals surface area contributed by atoms with Crippen molar-refractivity contribution in [3.8, 4) is 5.75 Å². The van der Waals surface area contributed by atoms with Crippen molar-refractivity contribution in [1.82, 2.24) is 19.9 Å². The molecule has 2 aliphatic heterocycles. The third kappa shape index (κ3) is 5.00. The van der Waals surface area contributed by atoms with Crippen LogP contribution in [0.3, 0.4) is 0 Å². The molecule has 2 aromatic rings. The summed E-state index contributed by atoms with van der Waals surface area (Å²) in [6.45, 7) is 5.68. The van der Waals surface area contributed by atoms with E-state index in [1.165, 1.54) is 25.7 Å². The molecular weight excluding hydrogens is 442 g/mol. The van der Waals surface area contributed by atoms with Crippen LogP contribution in [0.5, 0.6) is 5.75 Å². The van der Waals surface area contributed by atoms with E-state index in [0.717, 1.165) is 55.5 Å². The molecule has 0 spiro atoms. The first-order valence-electron chi connectivity index (χ1n) is 12.9. The molecule has 5 rings (SSSR count). The Balaban J connectivity index is 1.29. The minimum Gasteiger partial charge on any atom is -0.493 e. The molecule has 188 valence electrons. The van der Waals surface area contributed by atoms with Gasteiger partial charge < -0.3 is 15.0 Å². The van der Waals surface area contributed by atoms with Crippen molar-refractivity contribution in [2.75, 3.05) is 55.6 Å². The van der Waals surface area contributed by atoms with E-state index in [-0.39, 0.29) is 12.1 Å². The van der Waals surface area contributed by atoms with E-state index in [9.17, 15) is 4.79 Å². The van der Waals surface area contributed by atoms with Crippen LogP contribution in [0.2, 0.25) is 0 Å². The predicted molar refractivity (Wildman–Crippen MR) is 138 cm³/mol. The molecule has 9 heteroatoms. The van der Waals surface area contributed by atoms with Crippen molar-refractivity contribution in [2.45, 2.75) is 51.5 Å². The van der Waals surface area contributed by atoms with Crippen molar-refractivity contribution < 1.29 is 9.53 Å². The molecule has 1 aromatic heterocycles. The largest absolute Gasteiger partial charge is 0.493 e. The van der Waals surface area contributed by atoms with Crippen LogP contribution in [0, 0.1) is 5.92 Å². The van der Waals surface area contributed by atoms with Gasteiger partial charge >= 0.3 is 6.03 Å². The Labute approximate surface area is 208 Å². The quantitative estimate of drug-likeness (QED) is 0.627. The lowest BCUT2D eigenvalue weighted by Crippen LogP contribution is -2.59. The number of aromatic nitrogens is 2. The Bertz CT molecular complexity index is 1020. The lowest BCUT2D eigenvalue weighted by atomic mass is 9.98. The van der Waals surface area contributed by atoms with E-state index >= 15 is 0 Å². The Hall–Kier alpha value is -3.07. The van der Waals surface area contributed by atoms with Gasteiger partial charge in [-0.15, -0.1) is 0 Å². The minimum absolute atomic E-state index is 0.0351. The summed E-state index contributed by atoms with van der Waals surface area (Å²) in [4.78, 5) is 26.4. The first-order valence-corrected chi connectivity index (χ1v) is 12.9. The van der Waals surface area contributed by atoms with Crippen LogP contribution in [-0.4, -0.2) is 72.3 Å². The van der Waals surface area contributed by atoms with Crippen molar-refractivity contribution >= 4 is 29.2 Å². The zero-order valence-electron chi connectivity index (χ0n) is 21.1. The molecule has 9 nitrogen and oxygen atoms in total. The number of carbonyl (C=O) groups is 1. The van der Waals surface area contributed by atoms with Gasteiger partial charge in [0.05, 0.1) is 18.8 Å². The molecule has 35 heavy (non-hydrogen) atoms. The van der Waals surface area contributed by atoms with Crippen LogP contribution in [0.1, 0.15) is 45.4 Å². The number of amides is 2. The van der Waals surface area contributed by atoms with Crippen LogP contribution in [0.4, 0.5) is 27.9 Å². The molecule has 1 saturated carbocycles. The molecule has 1 aliphatic carbocycles. The van der Waals surface area contributed by atoms with Gasteiger partial charge in [-0.2, -0.15) is 4.98 Å². The number of hydrogen-bond donors (Lipinski definition) is 1. The van der Waals surface area contributed by atoms with Crippen LogP contribution in [0.15, 0.2) is 30.5 Å². The third-order valence-electron chi connectivity index (χ3n) is 7.50. The number of anilines is 4. The van der Waals surface area contributed by atoms with E-state index in [0.29, 0.717) is 18.4 Å². The fourth-order valence-electron chi connectivity index (χ4n) is 5.33. The highest BCUT2D eigenvalue weighted by Crippen LogP contribution is 2.38. The van der Waals surface area contributed by atoms with Gasteiger partial charge in [0.2, 0.25) is 5.95 Å². The van der Waals surface area contributed by atoms with Crippen molar-refractivity contribution in [3.63, 3.8) is 0 Å². The summed E-state index contributed by atoms with van der Waals surface area (Å²) in [5, 5.41) is 7.25. The van der Waals surface area contributed by atoms with Crippen LogP contribution in [-0.2, 0) is 0 Å². The average Bonchev–Trinajstić information content (AvgIpc) is 3.41. The fourth-order valence-corrected chi connectivity index (χ4v) is 5.33. The maximum absolute atomic E-state index is 13.0. The number of nitrogens with zero attached hydrogens (tertiary/aromatic N) is 6. The molecule has 2 fully saturated rings. The van der Waals surface area contributed by atoms with Gasteiger partial charge in [0.25, 0.3) is 0 Å². The first-order chi connectivity index (χ1) is 17.0. The number of fused-ring (bicyclic) bond motifs is 1. The zero-order valence-corrected chi connectivity index (χ0v) is 21.1. The maximum Gasteiger partial charge on any atom is 0.343 e. The zero-order chi connectivity index (χ0) is 24.4. The topological polar surface area (TPSA) is 77.1 Å². The highest BCUT2D eigenvalue weighted by molar-refractivity contribution is 5.98. The monoisotopic (exact) mass is 479 g/mol. The maximum atomic E-state index is 13.0. The number of likely N-dealkylation sites (tertiary alicyclic amines) is 1. The molecule has 3 heterocycles. The highest BCUT2D eigenvalue weighted by atomic mass is 16.5. The Kier molecular flexibility index (Phi) is 6.95. The fraction of sp³-hybridized carbons (Fsp3) is 0.577. The van der Waals surface area contributed by atoms with E-state index in [2.05, 4.69) is 27.3 Å². The molecule has 1 aromatic carbocycles. The number of hydrazine groups is 1. The van der Waals surface area contributed by atoms with Crippen molar-refractivity contribution in [3.05, 3.63) is 30.5 Å². The number of piperidine rings is 1. The van der Waals surface area contributed by atoms with Gasteiger partial charge in [-0.3, -0.25) is 9.91 Å². The summed E-state index contributed by atoms with van der Waals surface area (Å²) < 4.78 is 6.05. The van der Waals surface area contributed by atoms with E-state index in [4.69, 9.17) is 9.72 Å². The van der Waals surface area contributed by atoms with Crippen LogP contribution in [0.25, 0.3) is 0 Å². The van der Waals surface area contributed by atoms with Gasteiger partial charge in [0.1, 0.15) is 11.4 Å². The van der Waals surface area contributed by atoms with Gasteiger partial charge in [-0.05, 0) is 82.9 Å². The average molecular weight is 480 g/mol. The molecule has 0 unspecified atom stereocenters. The second kappa shape index (κ2) is 10.3. The second-order valence-electron chi connectivity index (χ2n) is 9.95. The van der Waals surface area contributed by atoms with Gasteiger partial charge in [-0.1, -0.05) is 12.8 Å². The van der Waals surface area contributed by atoms with Gasteiger partial charge in [-0.25, -0.2) is 14.8 Å². The predicted octanol–water partition coefficient (Wildman–Crippen LogP) is 4.50. The number of urea groups is 1. The number of ether oxygens (including phenoxy) is 1. The Morgan fingerprint density at radius 3 is 2.46 bits per heavy atom. The molecule has 0 atom stereocenters. The molecule has 3 aliphatic rings. The number of rotatable bonds is 7. The van der Waals surface area contributed by atoms with Crippen molar-refractivity contribution in [1.29, 1.82) is 0 Å². The summed E-state index contributed by atoms with van der Waals surface area (Å²) in [6.07, 6.45) is 8.63. The molecular formula is C26H37N7O2. The van der Waals surface area contributed by atoms with E-state index < -0.39 is 0 Å². The highest BCUT2D eigenvalue weighted by Gasteiger charge is 2.39. The molecule has 1 N–H and O–H groups in total. The second-order valence-corrected chi connectivity index (χ2v) is 9.95. The smallest absolute Gasteiger partial charge is 0.343 e. The standard InChI is InChI=1S/C26H37N7O2/c1-4-32-26(34)31(3)23-17-27-25(29-24(23)33(32)21-7-5-6-8-21)28-20-9-11-22(12-10-20)35-18-19-13-15-30(2)16-14-19/h9-12,17,19,21H,4-8,13-16,18H2,1-3H3,(H,27,28,29). The van der Waals surface area contributed by atoms with Crippen LogP contribution >= 0.6 is 0 Å².